The minimum absolute atomic E-state index is 0.0661. The number of nitrogens with two attached hydrogens (primary N) is 1. The van der Waals surface area contributed by atoms with Gasteiger partial charge in [-0.1, -0.05) is 0 Å². The first-order chi connectivity index (χ1) is 6.61. The monoisotopic (exact) mass is 200 g/mol. The second-order valence-corrected chi connectivity index (χ2v) is 3.37. The quantitative estimate of drug-likeness (QED) is 0.191. The number of nitrogens with one attached hydrogen (secondary N) is 2. The Balaban J connectivity index is 2.14. The molecule has 80 valence electrons. The van der Waals surface area contributed by atoms with Gasteiger partial charge in [-0.25, -0.2) is 0 Å². The lowest BCUT2D eigenvalue weighted by atomic mass is 10.1. The Labute approximate surface area is 82.6 Å². The first-order valence-corrected chi connectivity index (χ1v) is 4.66. The van der Waals surface area contributed by atoms with Gasteiger partial charge in [0.25, 0.3) is 0 Å². The Bertz CT molecular complexity index is 227. The van der Waals surface area contributed by atoms with Crippen LogP contribution in [0, 0.1) is 5.41 Å². The van der Waals surface area contributed by atoms with Crippen LogP contribution in [0.2, 0.25) is 0 Å². The van der Waals surface area contributed by atoms with Crippen molar-refractivity contribution in [2.75, 3.05) is 19.6 Å². The average Bonchev–Trinajstić information content (AvgIpc) is 2.86. The van der Waals surface area contributed by atoms with E-state index < -0.39 is 5.97 Å². The smallest absolute Gasteiger partial charge is 0.320 e. The number of hydrogen-bond donors (Lipinski definition) is 4. The fourth-order valence-corrected chi connectivity index (χ4v) is 1.35. The van der Waals surface area contributed by atoms with Gasteiger partial charge in [0.15, 0.2) is 5.96 Å². The van der Waals surface area contributed by atoms with E-state index >= 15 is 0 Å². The zero-order valence-corrected chi connectivity index (χ0v) is 7.99. The summed E-state index contributed by atoms with van der Waals surface area (Å²) in [5.41, 5.74) is 5.09. The first kappa shape index (κ1) is 10.8. The number of aliphatic carboxylic acids is 1. The van der Waals surface area contributed by atoms with Crippen LogP contribution in [0.4, 0.5) is 0 Å². The summed E-state index contributed by atoms with van der Waals surface area (Å²) in [6.45, 7) is 2.33. The van der Waals surface area contributed by atoms with Crippen molar-refractivity contribution in [1.82, 2.24) is 10.2 Å². The Hall–Kier alpha value is -1.30. The molecule has 0 radical (unpaired) electrons. The van der Waals surface area contributed by atoms with E-state index in [0.29, 0.717) is 19.4 Å². The number of rotatable bonds is 6. The van der Waals surface area contributed by atoms with Crippen LogP contribution >= 0.6 is 0 Å². The minimum Gasteiger partial charge on any atom is -0.480 e. The van der Waals surface area contributed by atoms with Gasteiger partial charge < -0.3 is 16.2 Å². The van der Waals surface area contributed by atoms with Gasteiger partial charge in [-0.3, -0.25) is 15.1 Å². The zero-order valence-electron chi connectivity index (χ0n) is 7.99. The fraction of sp³-hybridized carbons (Fsp3) is 0.750. The van der Waals surface area contributed by atoms with Gasteiger partial charge in [0, 0.05) is 19.6 Å². The molecule has 14 heavy (non-hydrogen) atoms. The molecule has 1 rings (SSSR count). The number of hydrogen-bond acceptors (Lipinski definition) is 3. The second-order valence-electron chi connectivity index (χ2n) is 3.37. The van der Waals surface area contributed by atoms with Crippen LogP contribution in [-0.4, -0.2) is 47.6 Å². The molecule has 1 aliphatic heterocycles. The summed E-state index contributed by atoms with van der Waals surface area (Å²) in [5, 5.41) is 18.4. The van der Waals surface area contributed by atoms with Crippen LogP contribution in [0.5, 0.6) is 0 Å². The van der Waals surface area contributed by atoms with Gasteiger partial charge in [-0.15, -0.1) is 0 Å². The highest BCUT2D eigenvalue weighted by molar-refractivity contribution is 5.74. The van der Waals surface area contributed by atoms with Crippen molar-refractivity contribution in [3.63, 3.8) is 0 Å². The highest BCUT2D eigenvalue weighted by Crippen LogP contribution is 2.15. The van der Waals surface area contributed by atoms with E-state index in [2.05, 4.69) is 5.32 Å². The number of guanidine groups is 1. The van der Waals surface area contributed by atoms with Crippen LogP contribution in [0.1, 0.15) is 12.8 Å². The molecule has 0 amide bonds. The van der Waals surface area contributed by atoms with Gasteiger partial charge in [0.05, 0.1) is 0 Å². The standard InChI is InChI=1S/C8H16N4O2/c9-8(10)11-3-1-2-6(7(13)14)12-4-5-12/h6H,1-5H2,(H,13,14)(H4,9,10,11)/t6-/m0/s1. The van der Waals surface area contributed by atoms with Crippen molar-refractivity contribution in [3.8, 4) is 0 Å². The molecule has 0 spiro atoms. The topological polar surface area (TPSA) is 102 Å². The van der Waals surface area contributed by atoms with E-state index in [0.717, 1.165) is 13.1 Å². The molecule has 0 unspecified atom stereocenters. The van der Waals surface area contributed by atoms with Gasteiger partial charge in [0.1, 0.15) is 6.04 Å². The molecule has 5 N–H and O–H groups in total. The maximum absolute atomic E-state index is 10.8. The molecule has 6 heteroatoms. The van der Waals surface area contributed by atoms with Crippen molar-refractivity contribution in [2.24, 2.45) is 5.73 Å². The van der Waals surface area contributed by atoms with Crippen LogP contribution in [0.25, 0.3) is 0 Å². The van der Waals surface area contributed by atoms with Crippen molar-refractivity contribution in [2.45, 2.75) is 18.9 Å². The van der Waals surface area contributed by atoms with Gasteiger partial charge in [0.2, 0.25) is 0 Å². The molecule has 0 aromatic rings. The molecular formula is C8H16N4O2. The van der Waals surface area contributed by atoms with E-state index in [1.807, 2.05) is 4.90 Å². The van der Waals surface area contributed by atoms with Gasteiger partial charge in [-0.2, -0.15) is 0 Å². The van der Waals surface area contributed by atoms with Crippen molar-refractivity contribution >= 4 is 11.9 Å². The molecule has 1 heterocycles. The van der Waals surface area contributed by atoms with Crippen molar-refractivity contribution in [1.29, 1.82) is 5.41 Å². The molecule has 0 bridgehead atoms. The molecule has 0 aromatic carbocycles. The van der Waals surface area contributed by atoms with Gasteiger partial charge >= 0.3 is 5.97 Å². The molecule has 0 aromatic heterocycles. The maximum atomic E-state index is 10.8. The Morgan fingerprint density at radius 3 is 2.71 bits per heavy atom. The lowest BCUT2D eigenvalue weighted by molar-refractivity contribution is -0.141. The summed E-state index contributed by atoms with van der Waals surface area (Å²) in [7, 11) is 0. The normalized spacial score (nSPS) is 17.4. The summed E-state index contributed by atoms with van der Waals surface area (Å²) < 4.78 is 0. The van der Waals surface area contributed by atoms with E-state index in [-0.39, 0.29) is 12.0 Å². The third-order valence-electron chi connectivity index (χ3n) is 2.18. The predicted octanol–water partition coefficient (Wildman–Crippen LogP) is -0.982. The Morgan fingerprint density at radius 2 is 2.29 bits per heavy atom. The molecular weight excluding hydrogens is 184 g/mol. The SMILES string of the molecule is N=C(N)NCCC[C@@H](C(=O)O)N1CC1. The lowest BCUT2D eigenvalue weighted by Gasteiger charge is -2.12. The molecule has 1 aliphatic rings. The summed E-state index contributed by atoms with van der Waals surface area (Å²) in [5.74, 6) is -0.825. The third-order valence-corrected chi connectivity index (χ3v) is 2.18. The van der Waals surface area contributed by atoms with Crippen molar-refractivity contribution in [3.05, 3.63) is 0 Å². The lowest BCUT2D eigenvalue weighted by Crippen LogP contribution is -2.33. The minimum atomic E-state index is -0.759. The number of carboxylic acid groups (broad SMARTS) is 1. The fourth-order valence-electron chi connectivity index (χ4n) is 1.35. The predicted molar refractivity (Wildman–Crippen MR) is 52.1 cm³/mol. The molecule has 0 aliphatic carbocycles. The van der Waals surface area contributed by atoms with Crippen LogP contribution in [0.15, 0.2) is 0 Å². The summed E-state index contributed by atoms with van der Waals surface area (Å²) >= 11 is 0. The Kier molecular flexibility index (Phi) is 3.70. The first-order valence-electron chi connectivity index (χ1n) is 4.66. The third kappa shape index (κ3) is 3.61. The molecule has 0 saturated carbocycles. The van der Waals surface area contributed by atoms with E-state index in [9.17, 15) is 4.79 Å². The van der Waals surface area contributed by atoms with Gasteiger partial charge in [-0.05, 0) is 12.8 Å². The number of carbonyl (C=O) groups is 1. The number of carboxylic acids is 1. The maximum Gasteiger partial charge on any atom is 0.320 e. The van der Waals surface area contributed by atoms with E-state index in [1.165, 1.54) is 0 Å². The van der Waals surface area contributed by atoms with Crippen LogP contribution < -0.4 is 11.1 Å². The summed E-state index contributed by atoms with van der Waals surface area (Å²) in [4.78, 5) is 12.7. The Morgan fingerprint density at radius 1 is 1.64 bits per heavy atom. The highest BCUT2D eigenvalue weighted by Gasteiger charge is 2.32. The highest BCUT2D eigenvalue weighted by atomic mass is 16.4. The number of nitrogens with zero attached hydrogens (tertiary/aromatic N) is 1. The summed E-state index contributed by atoms with van der Waals surface area (Å²) in [6, 6.07) is -0.358. The van der Waals surface area contributed by atoms with Crippen LogP contribution in [-0.2, 0) is 4.79 Å². The summed E-state index contributed by atoms with van der Waals surface area (Å²) in [6.07, 6.45) is 1.32. The molecule has 1 saturated heterocycles. The largest absolute Gasteiger partial charge is 0.480 e. The van der Waals surface area contributed by atoms with Crippen molar-refractivity contribution < 1.29 is 9.90 Å². The molecule has 6 nitrogen and oxygen atoms in total. The van der Waals surface area contributed by atoms with Crippen LogP contribution in [0.3, 0.4) is 0 Å². The molecule has 1 fully saturated rings. The van der Waals surface area contributed by atoms with E-state index in [1.54, 1.807) is 0 Å². The van der Waals surface area contributed by atoms with E-state index in [4.69, 9.17) is 16.2 Å². The second kappa shape index (κ2) is 4.80. The average molecular weight is 200 g/mol. The zero-order chi connectivity index (χ0) is 10.6. The molecule has 1 atom stereocenters.